The van der Waals surface area contributed by atoms with Crippen LogP contribution in [-0.4, -0.2) is 87.0 Å². The molecule has 1 aliphatic rings. The first-order chi connectivity index (χ1) is 13.1. The van der Waals surface area contributed by atoms with E-state index in [0.717, 1.165) is 0 Å². The van der Waals surface area contributed by atoms with Gasteiger partial charge in [-0.3, -0.25) is 19.2 Å². The SMILES string of the molecule is NC(CC(=O)O)C(=O)NC(CS)C(=O)N1CCCC1C(=O)NC(CS)C(=O)O. The molecule has 1 saturated heterocycles. The van der Waals surface area contributed by atoms with Gasteiger partial charge in [0.1, 0.15) is 18.1 Å². The van der Waals surface area contributed by atoms with Crippen LogP contribution >= 0.6 is 25.3 Å². The maximum Gasteiger partial charge on any atom is 0.327 e. The molecule has 1 fully saturated rings. The molecule has 0 spiro atoms. The van der Waals surface area contributed by atoms with Crippen LogP contribution in [0.3, 0.4) is 0 Å². The van der Waals surface area contributed by atoms with Crippen molar-refractivity contribution in [1.82, 2.24) is 15.5 Å². The van der Waals surface area contributed by atoms with Crippen molar-refractivity contribution in [2.45, 2.75) is 43.4 Å². The molecule has 0 aromatic heterocycles. The van der Waals surface area contributed by atoms with Crippen LogP contribution in [-0.2, 0) is 24.0 Å². The second kappa shape index (κ2) is 11.1. The molecule has 4 atom stereocenters. The minimum absolute atomic E-state index is 0.0937. The number of hydrogen-bond acceptors (Lipinski definition) is 8. The Bertz CT molecular complexity index is 634. The molecule has 0 bridgehead atoms. The van der Waals surface area contributed by atoms with E-state index in [2.05, 4.69) is 35.9 Å². The highest BCUT2D eigenvalue weighted by Crippen LogP contribution is 2.19. The number of carboxylic acid groups (broad SMARTS) is 2. The predicted octanol–water partition coefficient (Wildman–Crippen LogP) is -2.31. The van der Waals surface area contributed by atoms with E-state index >= 15 is 0 Å². The van der Waals surface area contributed by atoms with E-state index in [9.17, 15) is 24.0 Å². The quantitative estimate of drug-likeness (QED) is 0.187. The number of hydrogen-bond donors (Lipinski definition) is 7. The third-order valence-corrected chi connectivity index (χ3v) is 4.89. The van der Waals surface area contributed by atoms with Gasteiger partial charge in [-0.25, -0.2) is 4.79 Å². The normalized spacial score (nSPS) is 19.4. The number of carbonyl (C=O) groups excluding carboxylic acids is 3. The average Bonchev–Trinajstić information content (AvgIpc) is 3.12. The number of nitrogens with two attached hydrogens (primary N) is 1. The maximum atomic E-state index is 12.8. The Morgan fingerprint density at radius 3 is 2.18 bits per heavy atom. The van der Waals surface area contributed by atoms with Gasteiger partial charge in [0.25, 0.3) is 0 Å². The number of aliphatic carboxylic acids is 2. The summed E-state index contributed by atoms with van der Waals surface area (Å²) in [4.78, 5) is 60.1. The smallest absolute Gasteiger partial charge is 0.327 e. The van der Waals surface area contributed by atoms with Crippen LogP contribution in [0.5, 0.6) is 0 Å². The van der Waals surface area contributed by atoms with Gasteiger partial charge in [-0.05, 0) is 12.8 Å². The summed E-state index contributed by atoms with van der Waals surface area (Å²) < 4.78 is 0. The minimum Gasteiger partial charge on any atom is -0.481 e. The summed E-state index contributed by atoms with van der Waals surface area (Å²) in [5.41, 5.74) is 5.48. The molecule has 0 saturated carbocycles. The second-order valence-electron chi connectivity index (χ2n) is 6.22. The summed E-state index contributed by atoms with van der Waals surface area (Å²) in [6, 6.07) is -4.52. The molecular formula is C15H24N4O7S2. The highest BCUT2D eigenvalue weighted by Gasteiger charge is 2.38. The lowest BCUT2D eigenvalue weighted by Crippen LogP contribution is -2.57. The Balaban J connectivity index is 2.80. The summed E-state index contributed by atoms with van der Waals surface area (Å²) in [7, 11) is 0. The Labute approximate surface area is 172 Å². The lowest BCUT2D eigenvalue weighted by molar-refractivity contribution is -0.144. The lowest BCUT2D eigenvalue weighted by atomic mass is 10.1. The van der Waals surface area contributed by atoms with Crippen molar-refractivity contribution < 1.29 is 34.2 Å². The van der Waals surface area contributed by atoms with E-state index in [1.165, 1.54) is 4.90 Å². The molecule has 0 radical (unpaired) electrons. The van der Waals surface area contributed by atoms with Crippen molar-refractivity contribution >= 4 is 54.9 Å². The third-order valence-electron chi connectivity index (χ3n) is 4.16. The van der Waals surface area contributed by atoms with Crippen molar-refractivity contribution in [2.24, 2.45) is 5.73 Å². The standard InChI is InChI=1S/C15H24N4O7S2/c16-7(4-11(20)21)12(22)17-8(5-27)14(24)19-3-1-2-10(19)13(23)18-9(6-28)15(25)26/h7-10,27-28H,1-6,16H2,(H,17,22)(H,18,23)(H,20,21)(H,25,26). The number of carboxylic acids is 2. The first-order valence-electron chi connectivity index (χ1n) is 8.45. The van der Waals surface area contributed by atoms with Crippen molar-refractivity contribution in [3.05, 3.63) is 0 Å². The van der Waals surface area contributed by atoms with Gasteiger partial charge in [0.2, 0.25) is 17.7 Å². The van der Waals surface area contributed by atoms with Gasteiger partial charge in [-0.15, -0.1) is 0 Å². The fourth-order valence-electron chi connectivity index (χ4n) is 2.70. The van der Waals surface area contributed by atoms with Gasteiger partial charge in [-0.2, -0.15) is 25.3 Å². The Hall–Kier alpha value is -1.99. The van der Waals surface area contributed by atoms with Crippen molar-refractivity contribution in [3.63, 3.8) is 0 Å². The highest BCUT2D eigenvalue weighted by atomic mass is 32.1. The number of nitrogens with one attached hydrogen (secondary N) is 2. The zero-order chi connectivity index (χ0) is 21.4. The second-order valence-corrected chi connectivity index (χ2v) is 6.95. The zero-order valence-electron chi connectivity index (χ0n) is 14.9. The van der Waals surface area contributed by atoms with Crippen LogP contribution in [0.4, 0.5) is 0 Å². The monoisotopic (exact) mass is 436 g/mol. The van der Waals surface area contributed by atoms with Crippen LogP contribution in [0.15, 0.2) is 0 Å². The van der Waals surface area contributed by atoms with Gasteiger partial charge in [0, 0.05) is 18.1 Å². The number of carbonyl (C=O) groups is 5. The van der Waals surface area contributed by atoms with E-state index in [1.54, 1.807) is 0 Å². The van der Waals surface area contributed by atoms with Crippen LogP contribution in [0.2, 0.25) is 0 Å². The van der Waals surface area contributed by atoms with Gasteiger partial charge in [-0.1, -0.05) is 0 Å². The molecule has 0 aromatic carbocycles. The summed E-state index contributed by atoms with van der Waals surface area (Å²) in [6.45, 7) is 0.247. The van der Waals surface area contributed by atoms with Gasteiger partial charge in [0.05, 0.1) is 12.5 Å². The van der Waals surface area contributed by atoms with E-state index in [-0.39, 0.29) is 18.1 Å². The Kier molecular flexibility index (Phi) is 9.55. The molecule has 1 rings (SSSR count). The number of thiol groups is 2. The summed E-state index contributed by atoms with van der Waals surface area (Å²) >= 11 is 7.91. The summed E-state index contributed by atoms with van der Waals surface area (Å²) in [6.07, 6.45) is 0.255. The zero-order valence-corrected chi connectivity index (χ0v) is 16.7. The fraction of sp³-hybridized carbons (Fsp3) is 0.667. The van der Waals surface area contributed by atoms with Crippen molar-refractivity contribution in [3.8, 4) is 0 Å². The molecule has 1 aliphatic heterocycles. The van der Waals surface area contributed by atoms with E-state index in [4.69, 9.17) is 15.9 Å². The Morgan fingerprint density at radius 2 is 1.68 bits per heavy atom. The van der Waals surface area contributed by atoms with Crippen molar-refractivity contribution in [2.75, 3.05) is 18.1 Å². The lowest BCUT2D eigenvalue weighted by Gasteiger charge is -2.29. The fourth-order valence-corrected chi connectivity index (χ4v) is 3.20. The van der Waals surface area contributed by atoms with Crippen LogP contribution in [0.1, 0.15) is 19.3 Å². The number of likely N-dealkylation sites (tertiary alicyclic amines) is 1. The van der Waals surface area contributed by atoms with E-state index in [0.29, 0.717) is 12.8 Å². The highest BCUT2D eigenvalue weighted by molar-refractivity contribution is 7.80. The molecule has 1 heterocycles. The molecule has 28 heavy (non-hydrogen) atoms. The molecule has 158 valence electrons. The molecule has 3 amide bonds. The Morgan fingerprint density at radius 1 is 1.07 bits per heavy atom. The largest absolute Gasteiger partial charge is 0.481 e. The van der Waals surface area contributed by atoms with E-state index < -0.39 is 60.2 Å². The first-order valence-corrected chi connectivity index (χ1v) is 9.72. The molecule has 0 aliphatic carbocycles. The molecule has 6 N–H and O–H groups in total. The van der Waals surface area contributed by atoms with Crippen LogP contribution < -0.4 is 16.4 Å². The van der Waals surface area contributed by atoms with Gasteiger partial charge in [0.15, 0.2) is 0 Å². The third kappa shape index (κ3) is 6.56. The van der Waals surface area contributed by atoms with Crippen LogP contribution in [0.25, 0.3) is 0 Å². The number of amides is 3. The summed E-state index contributed by atoms with van der Waals surface area (Å²) in [5, 5.41) is 22.4. The maximum absolute atomic E-state index is 12.8. The van der Waals surface area contributed by atoms with Gasteiger partial charge >= 0.3 is 11.9 Å². The summed E-state index contributed by atoms with van der Waals surface area (Å²) in [5.74, 6) is -4.74. The first kappa shape index (κ1) is 24.0. The number of nitrogens with zero attached hydrogens (tertiary/aromatic N) is 1. The predicted molar refractivity (Wildman–Crippen MR) is 104 cm³/mol. The molecule has 13 heteroatoms. The van der Waals surface area contributed by atoms with E-state index in [1.807, 2.05) is 0 Å². The average molecular weight is 437 g/mol. The molecule has 0 aromatic rings. The van der Waals surface area contributed by atoms with Crippen molar-refractivity contribution in [1.29, 1.82) is 0 Å². The molecule has 11 nitrogen and oxygen atoms in total. The van der Waals surface area contributed by atoms with Gasteiger partial charge < -0.3 is 31.5 Å². The molecular weight excluding hydrogens is 412 g/mol. The topological polar surface area (TPSA) is 179 Å². The molecule has 4 unspecified atom stereocenters. The number of rotatable bonds is 10. The van der Waals surface area contributed by atoms with Crippen LogP contribution in [0, 0.1) is 0 Å². The minimum atomic E-state index is -1.34.